The van der Waals surface area contributed by atoms with Gasteiger partial charge >= 0.3 is 0 Å². The van der Waals surface area contributed by atoms with Gasteiger partial charge in [0, 0.05) is 23.5 Å². The minimum Gasteiger partial charge on any atom is -0.503 e. The van der Waals surface area contributed by atoms with Gasteiger partial charge in [-0.05, 0) is 56.1 Å². The van der Waals surface area contributed by atoms with E-state index in [0.29, 0.717) is 46.1 Å². The third-order valence-corrected chi connectivity index (χ3v) is 6.00. The second kappa shape index (κ2) is 9.40. The molecule has 0 aliphatic carbocycles. The van der Waals surface area contributed by atoms with Crippen molar-refractivity contribution in [2.45, 2.75) is 6.04 Å². The number of halogens is 1. The van der Waals surface area contributed by atoms with Gasteiger partial charge in [0.15, 0.2) is 23.0 Å². The van der Waals surface area contributed by atoms with Gasteiger partial charge in [-0.2, -0.15) is 0 Å². The first-order chi connectivity index (χ1) is 16.2. The van der Waals surface area contributed by atoms with Gasteiger partial charge in [-0.3, -0.25) is 9.59 Å². The Morgan fingerprint density at radius 2 is 1.85 bits per heavy atom. The molecule has 0 saturated heterocycles. The van der Waals surface area contributed by atoms with Crippen molar-refractivity contribution < 1.29 is 28.6 Å². The average Bonchev–Trinajstić information content (AvgIpc) is 3.35. The molecule has 1 unspecified atom stereocenters. The molecular weight excluding hydrogens is 460 g/mol. The highest BCUT2D eigenvalue weighted by molar-refractivity contribution is 6.31. The van der Waals surface area contributed by atoms with Gasteiger partial charge in [0.1, 0.15) is 5.58 Å². The summed E-state index contributed by atoms with van der Waals surface area (Å²) in [5, 5.41) is 12.0. The summed E-state index contributed by atoms with van der Waals surface area (Å²) in [6.07, 6.45) is 0. The molecule has 4 rings (SSSR count). The maximum atomic E-state index is 13.6. The Morgan fingerprint density at radius 3 is 2.53 bits per heavy atom. The smallest absolute Gasteiger partial charge is 0.290 e. The number of methoxy groups -OCH3 is 2. The quantitative estimate of drug-likeness (QED) is 0.478. The van der Waals surface area contributed by atoms with E-state index in [-0.39, 0.29) is 11.3 Å². The van der Waals surface area contributed by atoms with Crippen LogP contribution in [0.1, 0.15) is 22.2 Å². The molecule has 0 radical (unpaired) electrons. The Morgan fingerprint density at radius 1 is 1.12 bits per heavy atom. The number of hydrogen-bond donors (Lipinski definition) is 1. The molecule has 2 aromatic carbocycles. The fourth-order valence-electron chi connectivity index (χ4n) is 4.05. The summed E-state index contributed by atoms with van der Waals surface area (Å²) in [5.74, 6) is -0.842. The summed E-state index contributed by atoms with van der Waals surface area (Å²) in [6.45, 7) is 0.828. The van der Waals surface area contributed by atoms with Gasteiger partial charge < -0.3 is 28.8 Å². The third-order valence-electron chi connectivity index (χ3n) is 5.76. The van der Waals surface area contributed by atoms with Crippen LogP contribution in [0.25, 0.3) is 11.0 Å². The van der Waals surface area contributed by atoms with E-state index in [0.717, 1.165) is 0 Å². The molecule has 1 atom stereocenters. The highest BCUT2D eigenvalue weighted by atomic mass is 35.5. The molecule has 1 aliphatic heterocycles. The van der Waals surface area contributed by atoms with Crippen molar-refractivity contribution in [3.05, 3.63) is 70.1 Å². The van der Waals surface area contributed by atoms with Crippen molar-refractivity contribution in [3.63, 3.8) is 0 Å². The monoisotopic (exact) mass is 484 g/mol. The van der Waals surface area contributed by atoms with E-state index in [1.807, 2.05) is 19.0 Å². The van der Waals surface area contributed by atoms with Crippen molar-refractivity contribution in [1.29, 1.82) is 0 Å². The SMILES string of the molecule is COc1ccc(C2C(C(=O)c3cc4cc(Cl)ccc4o3)=C(O)C(=O)N2CCN(C)C)cc1OC. The summed E-state index contributed by atoms with van der Waals surface area (Å²) >= 11 is 6.06. The van der Waals surface area contributed by atoms with E-state index in [2.05, 4.69) is 0 Å². The van der Waals surface area contributed by atoms with Crippen LogP contribution in [-0.4, -0.2) is 68.0 Å². The van der Waals surface area contributed by atoms with Gasteiger partial charge in [-0.1, -0.05) is 17.7 Å². The predicted molar refractivity (Wildman–Crippen MR) is 128 cm³/mol. The van der Waals surface area contributed by atoms with Crippen molar-refractivity contribution in [3.8, 4) is 11.5 Å². The van der Waals surface area contributed by atoms with E-state index in [4.69, 9.17) is 25.5 Å². The molecule has 9 heteroatoms. The Hall–Kier alpha value is -3.49. The second-order valence-corrected chi connectivity index (χ2v) is 8.64. The van der Waals surface area contributed by atoms with Gasteiger partial charge in [-0.15, -0.1) is 0 Å². The number of hydrogen-bond acceptors (Lipinski definition) is 7. The molecule has 0 bridgehead atoms. The molecule has 1 amide bonds. The maximum absolute atomic E-state index is 13.6. The maximum Gasteiger partial charge on any atom is 0.290 e. The molecule has 3 aromatic rings. The first kappa shape index (κ1) is 23.7. The van der Waals surface area contributed by atoms with Crippen LogP contribution < -0.4 is 9.47 Å². The summed E-state index contributed by atoms with van der Waals surface area (Å²) in [4.78, 5) is 30.1. The zero-order valence-electron chi connectivity index (χ0n) is 19.3. The number of carbonyl (C=O) groups is 2. The molecule has 2 heterocycles. The number of furan rings is 1. The number of Topliss-reactive ketones (excluding diaryl/α,β-unsaturated/α-hetero) is 1. The van der Waals surface area contributed by atoms with Crippen LogP contribution in [-0.2, 0) is 4.79 Å². The van der Waals surface area contributed by atoms with Crippen molar-refractivity contribution in [2.75, 3.05) is 41.4 Å². The second-order valence-electron chi connectivity index (χ2n) is 8.20. The van der Waals surface area contributed by atoms with Crippen molar-refractivity contribution >= 4 is 34.3 Å². The molecule has 1 aliphatic rings. The lowest BCUT2D eigenvalue weighted by atomic mass is 9.94. The summed E-state index contributed by atoms with van der Waals surface area (Å²) in [5.41, 5.74) is 1.02. The van der Waals surface area contributed by atoms with Crippen LogP contribution in [0.4, 0.5) is 0 Å². The third kappa shape index (κ3) is 4.22. The predicted octanol–water partition coefficient (Wildman–Crippen LogP) is 4.24. The van der Waals surface area contributed by atoms with Crippen molar-refractivity contribution in [1.82, 2.24) is 9.80 Å². The Bertz CT molecular complexity index is 1300. The average molecular weight is 485 g/mol. The topological polar surface area (TPSA) is 92.5 Å². The number of benzene rings is 2. The summed E-state index contributed by atoms with van der Waals surface area (Å²) < 4.78 is 16.5. The van der Waals surface area contributed by atoms with E-state index < -0.39 is 23.5 Å². The largest absolute Gasteiger partial charge is 0.503 e. The number of nitrogens with zero attached hydrogens (tertiary/aromatic N) is 2. The van der Waals surface area contributed by atoms with Crippen LogP contribution in [0.3, 0.4) is 0 Å². The normalized spacial score (nSPS) is 16.1. The molecule has 0 spiro atoms. The van der Waals surface area contributed by atoms with Gasteiger partial charge in [0.2, 0.25) is 5.78 Å². The van der Waals surface area contributed by atoms with Crippen LogP contribution in [0.5, 0.6) is 11.5 Å². The van der Waals surface area contributed by atoms with E-state index in [9.17, 15) is 14.7 Å². The molecular formula is C25H25ClN2O6. The first-order valence-electron chi connectivity index (χ1n) is 10.6. The number of carbonyl (C=O) groups excluding carboxylic acids is 2. The Kier molecular flexibility index (Phi) is 6.54. The Labute approximate surface area is 201 Å². The zero-order chi connectivity index (χ0) is 24.6. The van der Waals surface area contributed by atoms with Crippen molar-refractivity contribution in [2.24, 2.45) is 0 Å². The number of aliphatic hydroxyl groups excluding tert-OH is 1. The fourth-order valence-corrected chi connectivity index (χ4v) is 4.23. The van der Waals surface area contributed by atoms with Gasteiger partial charge in [0.05, 0.1) is 25.8 Å². The Balaban J connectivity index is 1.82. The molecule has 34 heavy (non-hydrogen) atoms. The number of fused-ring (bicyclic) bond motifs is 1. The summed E-state index contributed by atoms with van der Waals surface area (Å²) in [6, 6.07) is 10.9. The number of rotatable bonds is 8. The lowest BCUT2D eigenvalue weighted by molar-refractivity contribution is -0.129. The van der Waals surface area contributed by atoms with Crippen LogP contribution in [0.15, 0.2) is 58.2 Å². The summed E-state index contributed by atoms with van der Waals surface area (Å²) in [7, 11) is 6.79. The minimum absolute atomic E-state index is 0.00607. The van der Waals surface area contributed by atoms with Crippen LogP contribution >= 0.6 is 11.6 Å². The highest BCUT2D eigenvalue weighted by Gasteiger charge is 2.44. The number of ether oxygens (including phenoxy) is 2. The fraction of sp³-hybridized carbons (Fsp3) is 0.280. The lowest BCUT2D eigenvalue weighted by Crippen LogP contribution is -2.36. The first-order valence-corrected chi connectivity index (χ1v) is 11.0. The standard InChI is InChI=1S/C25H25ClN2O6/c1-27(2)9-10-28-22(14-5-7-18(32-3)19(12-14)33-4)21(24(30)25(28)31)23(29)20-13-15-11-16(26)6-8-17(15)34-20/h5-8,11-13,22,30H,9-10H2,1-4H3. The van der Waals surface area contributed by atoms with Crippen LogP contribution in [0.2, 0.25) is 5.02 Å². The molecule has 0 fully saturated rings. The highest BCUT2D eigenvalue weighted by Crippen LogP contribution is 2.42. The van der Waals surface area contributed by atoms with E-state index in [1.165, 1.54) is 19.1 Å². The molecule has 1 N–H and O–H groups in total. The molecule has 8 nitrogen and oxygen atoms in total. The minimum atomic E-state index is -0.837. The number of amides is 1. The number of likely N-dealkylation sites (N-methyl/N-ethyl adjacent to an activating group) is 1. The number of aliphatic hydroxyl groups is 1. The zero-order valence-corrected chi connectivity index (χ0v) is 20.0. The molecule has 178 valence electrons. The molecule has 0 saturated carbocycles. The van der Waals surface area contributed by atoms with Gasteiger partial charge in [-0.25, -0.2) is 0 Å². The van der Waals surface area contributed by atoms with E-state index >= 15 is 0 Å². The van der Waals surface area contributed by atoms with Gasteiger partial charge in [0.25, 0.3) is 5.91 Å². The van der Waals surface area contributed by atoms with Crippen LogP contribution in [0, 0.1) is 0 Å². The lowest BCUT2D eigenvalue weighted by Gasteiger charge is -2.28. The molecule has 1 aromatic heterocycles. The number of ketones is 1. The van der Waals surface area contributed by atoms with E-state index in [1.54, 1.807) is 42.5 Å².